The van der Waals surface area contributed by atoms with Crippen molar-refractivity contribution in [1.29, 1.82) is 0 Å². The minimum absolute atomic E-state index is 0.0181. The second kappa shape index (κ2) is 6.55. The van der Waals surface area contributed by atoms with Gasteiger partial charge < -0.3 is 9.15 Å². The molecule has 130 valence electrons. The molecule has 1 aromatic rings. The summed E-state index contributed by atoms with van der Waals surface area (Å²) in [6.07, 6.45) is 7.79. The highest BCUT2D eigenvalue weighted by Gasteiger charge is 2.48. The predicted molar refractivity (Wildman–Crippen MR) is 87.5 cm³/mol. The summed E-state index contributed by atoms with van der Waals surface area (Å²) in [6.45, 7) is 4.03. The Hall–Kier alpha value is -0.890. The number of rotatable bonds is 5. The molecule has 6 nitrogen and oxygen atoms in total. The second-order valence-electron chi connectivity index (χ2n) is 7.03. The zero-order valence-electron chi connectivity index (χ0n) is 13.9. The Morgan fingerprint density at radius 2 is 2.13 bits per heavy atom. The summed E-state index contributed by atoms with van der Waals surface area (Å²) in [5.41, 5.74) is 1.31. The van der Waals surface area contributed by atoms with Crippen LogP contribution in [-0.4, -0.2) is 63.3 Å². The molecule has 2 aliphatic rings. The molecule has 23 heavy (non-hydrogen) atoms. The van der Waals surface area contributed by atoms with E-state index in [4.69, 9.17) is 9.15 Å². The van der Waals surface area contributed by atoms with Crippen molar-refractivity contribution in [2.24, 2.45) is 5.41 Å². The standard InChI is InChI=1S/C16H26N2O4S/c1-21-12-15-9-16(13-18(15)23(2,19)20)4-6-17(7-5-16)10-14-3-8-22-11-14/h3,8,11,15H,4-7,9-10,12-13H2,1-2H3. The van der Waals surface area contributed by atoms with Crippen molar-refractivity contribution < 1.29 is 17.6 Å². The highest BCUT2D eigenvalue weighted by molar-refractivity contribution is 7.88. The molecule has 0 saturated carbocycles. The van der Waals surface area contributed by atoms with Crippen LogP contribution in [0.25, 0.3) is 0 Å². The third-order valence-corrected chi connectivity index (χ3v) is 6.53. The van der Waals surface area contributed by atoms with Crippen LogP contribution in [0, 0.1) is 5.41 Å². The number of furan rings is 1. The molecule has 0 N–H and O–H groups in total. The lowest BCUT2D eigenvalue weighted by Gasteiger charge is -2.39. The molecule has 0 bridgehead atoms. The van der Waals surface area contributed by atoms with Gasteiger partial charge in [-0.15, -0.1) is 0 Å². The number of hydrogen-bond donors (Lipinski definition) is 0. The van der Waals surface area contributed by atoms with Gasteiger partial charge in [-0.1, -0.05) is 0 Å². The van der Waals surface area contributed by atoms with E-state index >= 15 is 0 Å². The normalized spacial score (nSPS) is 26.1. The van der Waals surface area contributed by atoms with Crippen molar-refractivity contribution in [1.82, 2.24) is 9.21 Å². The minimum atomic E-state index is -3.18. The largest absolute Gasteiger partial charge is 0.472 e. The molecule has 0 aliphatic carbocycles. The minimum Gasteiger partial charge on any atom is -0.472 e. The third kappa shape index (κ3) is 3.79. The fourth-order valence-corrected chi connectivity index (χ4v) is 5.22. The Morgan fingerprint density at radius 3 is 2.70 bits per heavy atom. The Balaban J connectivity index is 1.63. The van der Waals surface area contributed by atoms with Gasteiger partial charge in [-0.25, -0.2) is 8.42 Å². The maximum atomic E-state index is 12.1. The van der Waals surface area contributed by atoms with Crippen LogP contribution in [0.1, 0.15) is 24.8 Å². The lowest BCUT2D eigenvalue weighted by atomic mass is 9.76. The number of likely N-dealkylation sites (tertiary alicyclic amines) is 1. The second-order valence-corrected chi connectivity index (χ2v) is 8.96. The Bertz CT molecular complexity index is 606. The number of hydrogen-bond acceptors (Lipinski definition) is 5. The van der Waals surface area contributed by atoms with Gasteiger partial charge >= 0.3 is 0 Å². The predicted octanol–water partition coefficient (Wildman–Crippen LogP) is 1.54. The van der Waals surface area contributed by atoms with E-state index in [1.807, 2.05) is 6.07 Å². The maximum absolute atomic E-state index is 12.1. The van der Waals surface area contributed by atoms with Crippen LogP contribution < -0.4 is 0 Å². The van der Waals surface area contributed by atoms with Gasteiger partial charge in [-0.3, -0.25) is 4.90 Å². The molecule has 3 rings (SSSR count). The van der Waals surface area contributed by atoms with Crippen molar-refractivity contribution in [3.05, 3.63) is 24.2 Å². The molecule has 1 atom stereocenters. The summed E-state index contributed by atoms with van der Waals surface area (Å²) < 4.78 is 36.2. The van der Waals surface area contributed by atoms with Crippen LogP contribution in [0.3, 0.4) is 0 Å². The van der Waals surface area contributed by atoms with E-state index in [9.17, 15) is 8.42 Å². The Labute approximate surface area is 138 Å². The van der Waals surface area contributed by atoms with Crippen LogP contribution in [0.15, 0.2) is 23.0 Å². The number of piperidine rings is 1. The fraction of sp³-hybridized carbons (Fsp3) is 0.750. The quantitative estimate of drug-likeness (QED) is 0.812. The highest BCUT2D eigenvalue weighted by atomic mass is 32.2. The average Bonchev–Trinajstić information content (AvgIpc) is 3.10. The van der Waals surface area contributed by atoms with Gasteiger partial charge in [0, 0.05) is 31.8 Å². The van der Waals surface area contributed by atoms with E-state index in [0.29, 0.717) is 13.2 Å². The smallest absolute Gasteiger partial charge is 0.211 e. The molecule has 2 fully saturated rings. The van der Waals surface area contributed by atoms with Crippen molar-refractivity contribution in [3.63, 3.8) is 0 Å². The lowest BCUT2D eigenvalue weighted by Crippen LogP contribution is -2.42. The summed E-state index contributed by atoms with van der Waals surface area (Å²) in [4.78, 5) is 2.42. The zero-order valence-corrected chi connectivity index (χ0v) is 14.7. The topological polar surface area (TPSA) is 63.0 Å². The maximum Gasteiger partial charge on any atom is 0.211 e. The van der Waals surface area contributed by atoms with Gasteiger partial charge in [-0.05, 0) is 43.8 Å². The molecule has 2 saturated heterocycles. The first-order chi connectivity index (χ1) is 10.9. The SMILES string of the molecule is COCC1CC2(CCN(Cc3ccoc3)CC2)CN1S(C)(=O)=O. The first kappa shape index (κ1) is 17.0. The molecule has 0 radical (unpaired) electrons. The Kier molecular flexibility index (Phi) is 4.83. The van der Waals surface area contributed by atoms with Crippen LogP contribution in [0.5, 0.6) is 0 Å². The number of sulfonamides is 1. The summed E-state index contributed by atoms with van der Waals surface area (Å²) in [7, 11) is -1.54. The molecule has 0 amide bonds. The van der Waals surface area contributed by atoms with Gasteiger partial charge in [0.1, 0.15) is 0 Å². The van der Waals surface area contributed by atoms with Crippen LogP contribution >= 0.6 is 0 Å². The van der Waals surface area contributed by atoms with E-state index in [2.05, 4.69) is 4.90 Å². The van der Waals surface area contributed by atoms with E-state index in [1.54, 1.807) is 23.9 Å². The molecule has 2 aliphatic heterocycles. The molecule has 7 heteroatoms. The van der Waals surface area contributed by atoms with Crippen molar-refractivity contribution in [3.8, 4) is 0 Å². The molecule has 1 spiro atoms. The van der Waals surface area contributed by atoms with Gasteiger partial charge in [0.2, 0.25) is 10.0 Å². The molecule has 3 heterocycles. The monoisotopic (exact) mass is 342 g/mol. The molecular weight excluding hydrogens is 316 g/mol. The van der Waals surface area contributed by atoms with Gasteiger partial charge in [-0.2, -0.15) is 4.31 Å². The number of nitrogens with zero attached hydrogens (tertiary/aromatic N) is 2. The van der Waals surface area contributed by atoms with Crippen LogP contribution in [0.4, 0.5) is 0 Å². The van der Waals surface area contributed by atoms with E-state index < -0.39 is 10.0 Å². The number of methoxy groups -OCH3 is 1. The number of ether oxygens (including phenoxy) is 1. The zero-order chi connectivity index (χ0) is 16.5. The summed E-state index contributed by atoms with van der Waals surface area (Å²) in [5, 5.41) is 0. The third-order valence-electron chi connectivity index (χ3n) is 5.26. The van der Waals surface area contributed by atoms with E-state index in [1.165, 1.54) is 11.8 Å². The molecular formula is C16H26N2O4S. The Morgan fingerprint density at radius 1 is 1.39 bits per heavy atom. The highest BCUT2D eigenvalue weighted by Crippen LogP contribution is 2.44. The molecule has 1 unspecified atom stereocenters. The van der Waals surface area contributed by atoms with Gasteiger partial charge in [0.15, 0.2) is 0 Å². The van der Waals surface area contributed by atoms with E-state index in [0.717, 1.165) is 38.9 Å². The molecule has 0 aromatic carbocycles. The first-order valence-corrected chi connectivity index (χ1v) is 9.96. The first-order valence-electron chi connectivity index (χ1n) is 8.11. The summed E-state index contributed by atoms with van der Waals surface area (Å²) >= 11 is 0. The summed E-state index contributed by atoms with van der Waals surface area (Å²) in [6, 6.07) is 1.98. The summed E-state index contributed by atoms with van der Waals surface area (Å²) in [5.74, 6) is 0. The molecule has 1 aromatic heterocycles. The fourth-order valence-electron chi connectivity index (χ4n) is 4.04. The lowest BCUT2D eigenvalue weighted by molar-refractivity contribution is 0.105. The van der Waals surface area contributed by atoms with Crippen molar-refractivity contribution >= 4 is 10.0 Å². The van der Waals surface area contributed by atoms with E-state index in [-0.39, 0.29) is 11.5 Å². The van der Waals surface area contributed by atoms with Crippen LogP contribution in [0.2, 0.25) is 0 Å². The average molecular weight is 342 g/mol. The van der Waals surface area contributed by atoms with Crippen molar-refractivity contribution in [2.45, 2.75) is 31.8 Å². The van der Waals surface area contributed by atoms with Gasteiger partial charge in [0.25, 0.3) is 0 Å². The van der Waals surface area contributed by atoms with Crippen LogP contribution in [-0.2, 0) is 21.3 Å². The van der Waals surface area contributed by atoms with Gasteiger partial charge in [0.05, 0.1) is 25.4 Å². The van der Waals surface area contributed by atoms with Crippen molar-refractivity contribution in [2.75, 3.05) is 39.6 Å².